The van der Waals surface area contributed by atoms with E-state index in [1.807, 2.05) is 32.0 Å². The molecule has 1 aliphatic heterocycles. The van der Waals surface area contributed by atoms with Crippen LogP contribution in [0.3, 0.4) is 0 Å². The fourth-order valence-electron chi connectivity index (χ4n) is 4.21. The third-order valence-corrected chi connectivity index (χ3v) is 6.52. The maximum absolute atomic E-state index is 13.0. The summed E-state index contributed by atoms with van der Waals surface area (Å²) in [7, 11) is 0. The summed E-state index contributed by atoms with van der Waals surface area (Å²) in [4.78, 5) is 46.9. The molecule has 38 heavy (non-hydrogen) atoms. The first kappa shape index (κ1) is 25.4. The number of aromatic nitrogens is 5. The molecule has 0 saturated carbocycles. The molecule has 5 rings (SSSR count). The predicted octanol–water partition coefficient (Wildman–Crippen LogP) is 4.56. The van der Waals surface area contributed by atoms with Crippen LogP contribution in [0.25, 0.3) is 10.9 Å². The smallest absolute Gasteiger partial charge is 0.417 e. The molecule has 0 aliphatic carbocycles. The number of H-pyrrole nitrogens is 1. The molecule has 3 aromatic heterocycles. The van der Waals surface area contributed by atoms with Crippen molar-refractivity contribution >= 4 is 40.5 Å². The number of benzene rings is 1. The van der Waals surface area contributed by atoms with Gasteiger partial charge in [0.15, 0.2) is 0 Å². The zero-order valence-corrected chi connectivity index (χ0v) is 21.8. The van der Waals surface area contributed by atoms with Crippen molar-refractivity contribution in [2.24, 2.45) is 0 Å². The zero-order valence-electron chi connectivity index (χ0n) is 21.1. The molecular weight excluding hydrogens is 510 g/mol. The Morgan fingerprint density at radius 1 is 1.24 bits per heavy atom. The molecule has 0 spiro atoms. The summed E-state index contributed by atoms with van der Waals surface area (Å²) >= 11 is 6.48. The number of hydrogen-bond acceptors (Lipinski definition) is 9. The Morgan fingerprint density at radius 3 is 2.84 bits per heavy atom. The lowest BCUT2D eigenvalue weighted by atomic mass is 10.1. The van der Waals surface area contributed by atoms with Gasteiger partial charge in [0, 0.05) is 23.2 Å². The number of hydrogen-bond donors (Lipinski definition) is 2. The van der Waals surface area contributed by atoms with E-state index in [9.17, 15) is 9.59 Å². The van der Waals surface area contributed by atoms with Crippen molar-refractivity contribution in [2.45, 2.75) is 45.9 Å². The van der Waals surface area contributed by atoms with Gasteiger partial charge in [-0.15, -0.1) is 0 Å². The fraction of sp³-hybridized carbons (Fsp3) is 0.308. The Balaban J connectivity index is 1.38. The number of amides is 1. The van der Waals surface area contributed by atoms with Crippen molar-refractivity contribution in [3.63, 3.8) is 0 Å². The molecule has 1 saturated heterocycles. The van der Waals surface area contributed by atoms with Gasteiger partial charge in [0.1, 0.15) is 24.8 Å². The molecule has 1 fully saturated rings. The van der Waals surface area contributed by atoms with Crippen LogP contribution in [0.5, 0.6) is 5.75 Å². The lowest BCUT2D eigenvalue weighted by molar-refractivity contribution is 0.178. The number of fused-ring (bicyclic) bond motifs is 1. The number of carbonyl (C=O) groups is 1. The van der Waals surface area contributed by atoms with Crippen LogP contribution in [0.15, 0.2) is 47.4 Å². The first-order chi connectivity index (χ1) is 18.3. The quantitative estimate of drug-likeness (QED) is 0.333. The van der Waals surface area contributed by atoms with Crippen molar-refractivity contribution < 1.29 is 14.3 Å². The number of halogens is 1. The van der Waals surface area contributed by atoms with E-state index < -0.39 is 12.1 Å². The summed E-state index contributed by atoms with van der Waals surface area (Å²) in [5, 5.41) is 4.30. The summed E-state index contributed by atoms with van der Waals surface area (Å²) in [6.45, 7) is 6.02. The molecule has 1 aliphatic rings. The molecule has 1 unspecified atom stereocenters. The highest BCUT2D eigenvalue weighted by Crippen LogP contribution is 2.31. The maximum atomic E-state index is 13.0. The van der Waals surface area contributed by atoms with Gasteiger partial charge in [-0.2, -0.15) is 15.0 Å². The Bertz CT molecular complexity index is 1550. The van der Waals surface area contributed by atoms with E-state index in [1.54, 1.807) is 31.3 Å². The second kappa shape index (κ2) is 10.6. The Morgan fingerprint density at radius 2 is 2.08 bits per heavy atom. The van der Waals surface area contributed by atoms with Gasteiger partial charge < -0.3 is 19.8 Å². The lowest BCUT2D eigenvalue weighted by Crippen LogP contribution is -2.35. The highest BCUT2D eigenvalue weighted by atomic mass is 35.5. The van der Waals surface area contributed by atoms with Crippen LogP contribution in [-0.4, -0.2) is 43.7 Å². The van der Waals surface area contributed by atoms with Gasteiger partial charge in [-0.25, -0.2) is 9.69 Å². The summed E-state index contributed by atoms with van der Waals surface area (Å²) in [6, 6.07) is 10.1. The topological polar surface area (TPSA) is 135 Å². The number of ether oxygens (including phenoxy) is 2. The number of carbonyl (C=O) groups excluding carboxylic acids is 1. The summed E-state index contributed by atoms with van der Waals surface area (Å²) in [5.74, 6) is 1.32. The van der Waals surface area contributed by atoms with Crippen LogP contribution >= 0.6 is 11.6 Å². The van der Waals surface area contributed by atoms with Gasteiger partial charge >= 0.3 is 6.09 Å². The molecule has 1 aromatic carbocycles. The molecule has 0 bridgehead atoms. The van der Waals surface area contributed by atoms with E-state index >= 15 is 0 Å². The molecule has 0 radical (unpaired) electrons. The molecule has 196 valence electrons. The number of rotatable bonds is 8. The molecule has 2 atom stereocenters. The minimum Gasteiger partial charge on any atom is -0.486 e. The molecule has 1 amide bonds. The summed E-state index contributed by atoms with van der Waals surface area (Å²) < 4.78 is 11.0. The molecule has 4 aromatic rings. The van der Waals surface area contributed by atoms with Crippen molar-refractivity contribution in [3.05, 3.63) is 75.1 Å². The Kier molecular flexibility index (Phi) is 7.10. The van der Waals surface area contributed by atoms with E-state index in [0.717, 1.165) is 11.1 Å². The van der Waals surface area contributed by atoms with Crippen LogP contribution in [0, 0.1) is 6.92 Å². The largest absolute Gasteiger partial charge is 0.486 e. The normalized spacial score (nSPS) is 15.9. The summed E-state index contributed by atoms with van der Waals surface area (Å²) in [6.07, 6.45) is 1.89. The van der Waals surface area contributed by atoms with E-state index in [1.165, 1.54) is 4.90 Å². The SMILES string of the molecule is CCC1COC(=O)N1c1nc(C)nc(N[C@H](C)c2cc3cc(Cl)c(OCc4ccccn4)cc3[nH]c2=O)n1. The van der Waals surface area contributed by atoms with Gasteiger partial charge in [-0.05, 0) is 44.5 Å². The van der Waals surface area contributed by atoms with Gasteiger partial charge in [0.05, 0.1) is 28.3 Å². The lowest BCUT2D eigenvalue weighted by Gasteiger charge is -2.20. The third kappa shape index (κ3) is 5.23. The average Bonchev–Trinajstić information content (AvgIpc) is 3.28. The molecule has 12 heteroatoms. The number of anilines is 2. The maximum Gasteiger partial charge on any atom is 0.417 e. The number of nitrogens with one attached hydrogen (secondary N) is 2. The number of nitrogens with zero attached hydrogens (tertiary/aromatic N) is 5. The molecular formula is C26H26ClN7O4. The average molecular weight is 536 g/mol. The Hall–Kier alpha value is -4.25. The number of aryl methyl sites for hydroxylation is 1. The van der Waals surface area contributed by atoms with Crippen LogP contribution < -0.4 is 20.5 Å². The predicted molar refractivity (Wildman–Crippen MR) is 143 cm³/mol. The van der Waals surface area contributed by atoms with E-state index in [4.69, 9.17) is 21.1 Å². The van der Waals surface area contributed by atoms with Crippen molar-refractivity contribution in [2.75, 3.05) is 16.8 Å². The Labute approximate surface area is 223 Å². The minimum absolute atomic E-state index is 0.152. The van der Waals surface area contributed by atoms with Crippen LogP contribution in [0.4, 0.5) is 16.7 Å². The third-order valence-electron chi connectivity index (χ3n) is 6.22. The van der Waals surface area contributed by atoms with E-state index in [-0.39, 0.29) is 36.7 Å². The van der Waals surface area contributed by atoms with Crippen molar-refractivity contribution in [3.8, 4) is 5.75 Å². The second-order valence-electron chi connectivity index (χ2n) is 8.91. The van der Waals surface area contributed by atoms with Gasteiger partial charge in [0.2, 0.25) is 11.9 Å². The van der Waals surface area contributed by atoms with Gasteiger partial charge in [-0.1, -0.05) is 24.6 Å². The fourth-order valence-corrected chi connectivity index (χ4v) is 4.44. The first-order valence-corrected chi connectivity index (χ1v) is 12.5. The van der Waals surface area contributed by atoms with E-state index in [2.05, 4.69) is 30.2 Å². The van der Waals surface area contributed by atoms with Gasteiger partial charge in [-0.3, -0.25) is 9.78 Å². The number of aromatic amines is 1. The first-order valence-electron chi connectivity index (χ1n) is 12.2. The van der Waals surface area contributed by atoms with E-state index in [0.29, 0.717) is 34.1 Å². The number of cyclic esters (lactones) is 1. The minimum atomic E-state index is -0.493. The highest BCUT2D eigenvalue weighted by Gasteiger charge is 2.35. The molecule has 2 N–H and O–H groups in total. The molecule has 11 nitrogen and oxygen atoms in total. The van der Waals surface area contributed by atoms with Crippen LogP contribution in [-0.2, 0) is 11.3 Å². The summed E-state index contributed by atoms with van der Waals surface area (Å²) in [5.41, 5.74) is 1.52. The van der Waals surface area contributed by atoms with Crippen LogP contribution in [0.1, 0.15) is 43.4 Å². The number of pyridine rings is 2. The highest BCUT2D eigenvalue weighted by molar-refractivity contribution is 6.32. The standard InChI is InChI=1S/C26H26ClN7O4/c1-4-18-13-38-26(36)34(18)25-31-15(3)30-24(33-25)29-14(2)19-9-16-10-20(27)22(11-21(16)32-23(19)35)37-12-17-7-5-6-8-28-17/h5-11,14,18H,4,12-13H2,1-3H3,(H,32,35)(H,29,30,31,33)/t14-,18?/m1/s1. The monoisotopic (exact) mass is 535 g/mol. The van der Waals surface area contributed by atoms with Gasteiger partial charge in [0.25, 0.3) is 5.56 Å². The second-order valence-corrected chi connectivity index (χ2v) is 9.32. The molecule has 4 heterocycles. The zero-order chi connectivity index (χ0) is 26.8. The van der Waals surface area contributed by atoms with Crippen LogP contribution in [0.2, 0.25) is 5.02 Å². The van der Waals surface area contributed by atoms with Crippen molar-refractivity contribution in [1.82, 2.24) is 24.9 Å². The van der Waals surface area contributed by atoms with Crippen molar-refractivity contribution in [1.29, 1.82) is 0 Å².